The van der Waals surface area contributed by atoms with Gasteiger partial charge in [-0.15, -0.1) is 0 Å². The first-order valence-electron chi connectivity index (χ1n) is 5.24. The highest BCUT2D eigenvalue weighted by molar-refractivity contribution is 6.30. The van der Waals surface area contributed by atoms with Crippen LogP contribution in [0.15, 0.2) is 12.1 Å². The second-order valence-electron chi connectivity index (χ2n) is 3.91. The van der Waals surface area contributed by atoms with E-state index in [-0.39, 0.29) is 16.6 Å². The lowest BCUT2D eigenvalue weighted by atomic mass is 10.1. The van der Waals surface area contributed by atoms with Gasteiger partial charge in [0.2, 0.25) is 0 Å². The zero-order valence-corrected chi connectivity index (χ0v) is 9.65. The molecule has 0 aliphatic carbocycles. The maximum absolute atomic E-state index is 13.4. The summed E-state index contributed by atoms with van der Waals surface area (Å²) in [7, 11) is 0. The van der Waals surface area contributed by atoms with Crippen LogP contribution < -0.4 is 10.6 Å². The molecule has 2 rings (SSSR count). The molecule has 1 heterocycles. The van der Waals surface area contributed by atoms with E-state index in [4.69, 9.17) is 11.6 Å². The summed E-state index contributed by atoms with van der Waals surface area (Å²) in [4.78, 5) is 11.7. The Bertz CT molecular complexity index is 447. The van der Waals surface area contributed by atoms with Crippen LogP contribution in [0.3, 0.4) is 0 Å². The number of hydrogen-bond donors (Lipinski definition) is 2. The fourth-order valence-electron chi connectivity index (χ4n) is 1.74. The molecule has 1 aliphatic rings. The largest absolute Gasteiger partial charge is 0.348 e. The Morgan fingerprint density at radius 2 is 2.18 bits per heavy atom. The monoisotopic (exact) mass is 260 g/mol. The number of carbonyl (C=O) groups excluding carboxylic acids is 1. The minimum Gasteiger partial charge on any atom is -0.348 e. The van der Waals surface area contributed by atoms with Crippen LogP contribution in [-0.4, -0.2) is 25.0 Å². The molecule has 1 atom stereocenters. The van der Waals surface area contributed by atoms with Crippen molar-refractivity contribution in [3.63, 3.8) is 0 Å². The molecule has 0 radical (unpaired) electrons. The predicted octanol–water partition coefficient (Wildman–Crippen LogP) is 1.71. The Balaban J connectivity index is 2.15. The summed E-state index contributed by atoms with van der Waals surface area (Å²) < 4.78 is 26.6. The van der Waals surface area contributed by atoms with Crippen LogP contribution in [0.5, 0.6) is 0 Å². The van der Waals surface area contributed by atoms with Crippen LogP contribution in [0.4, 0.5) is 8.78 Å². The van der Waals surface area contributed by atoms with Crippen molar-refractivity contribution in [2.24, 2.45) is 0 Å². The highest BCUT2D eigenvalue weighted by Crippen LogP contribution is 2.19. The Labute approximate surface area is 102 Å². The molecule has 0 spiro atoms. The number of benzene rings is 1. The van der Waals surface area contributed by atoms with Crippen molar-refractivity contribution >= 4 is 17.5 Å². The Morgan fingerprint density at radius 3 is 2.82 bits per heavy atom. The van der Waals surface area contributed by atoms with Gasteiger partial charge < -0.3 is 10.6 Å². The molecule has 17 heavy (non-hydrogen) atoms. The van der Waals surface area contributed by atoms with Crippen LogP contribution in [0.2, 0.25) is 5.02 Å². The van der Waals surface area contributed by atoms with Gasteiger partial charge in [-0.1, -0.05) is 11.6 Å². The first-order valence-corrected chi connectivity index (χ1v) is 5.62. The number of rotatable bonds is 2. The third kappa shape index (κ3) is 2.73. The fraction of sp³-hybridized carbons (Fsp3) is 0.364. The summed E-state index contributed by atoms with van der Waals surface area (Å²) in [6.07, 6.45) is 0.781. The summed E-state index contributed by atoms with van der Waals surface area (Å²) >= 11 is 5.40. The van der Waals surface area contributed by atoms with Crippen LogP contribution in [0.1, 0.15) is 16.8 Å². The first-order chi connectivity index (χ1) is 8.08. The van der Waals surface area contributed by atoms with Crippen LogP contribution >= 0.6 is 11.6 Å². The van der Waals surface area contributed by atoms with Gasteiger partial charge in [-0.25, -0.2) is 8.78 Å². The molecule has 2 N–H and O–H groups in total. The lowest BCUT2D eigenvalue weighted by Crippen LogP contribution is -2.36. The van der Waals surface area contributed by atoms with Gasteiger partial charge in [0, 0.05) is 12.6 Å². The number of halogens is 3. The Hall–Kier alpha value is -1.20. The summed E-state index contributed by atoms with van der Waals surface area (Å²) in [6, 6.07) is 1.58. The molecule has 0 unspecified atom stereocenters. The molecule has 1 aliphatic heterocycles. The maximum atomic E-state index is 13.4. The van der Waals surface area contributed by atoms with Gasteiger partial charge in [-0.3, -0.25) is 4.79 Å². The van der Waals surface area contributed by atoms with Crippen molar-refractivity contribution in [3.05, 3.63) is 34.4 Å². The van der Waals surface area contributed by atoms with E-state index in [9.17, 15) is 13.6 Å². The van der Waals surface area contributed by atoms with Crippen molar-refractivity contribution in [2.75, 3.05) is 13.1 Å². The second-order valence-corrected chi connectivity index (χ2v) is 4.32. The van der Waals surface area contributed by atoms with Crippen molar-refractivity contribution in [1.82, 2.24) is 10.6 Å². The van der Waals surface area contributed by atoms with Gasteiger partial charge in [-0.2, -0.15) is 0 Å². The van der Waals surface area contributed by atoms with Crippen molar-refractivity contribution < 1.29 is 13.6 Å². The van der Waals surface area contributed by atoms with Crippen LogP contribution in [0.25, 0.3) is 0 Å². The molecule has 6 heteroatoms. The highest BCUT2D eigenvalue weighted by Gasteiger charge is 2.20. The zero-order valence-electron chi connectivity index (χ0n) is 8.90. The lowest BCUT2D eigenvalue weighted by molar-refractivity contribution is 0.0935. The molecule has 1 amide bonds. The molecule has 1 saturated heterocycles. The van der Waals surface area contributed by atoms with E-state index in [1.165, 1.54) is 0 Å². The van der Waals surface area contributed by atoms with E-state index in [1.54, 1.807) is 0 Å². The number of amides is 1. The minimum atomic E-state index is -0.820. The van der Waals surface area contributed by atoms with Gasteiger partial charge in [0.05, 0.1) is 10.6 Å². The van der Waals surface area contributed by atoms with Gasteiger partial charge >= 0.3 is 0 Å². The maximum Gasteiger partial charge on any atom is 0.254 e. The molecular weight excluding hydrogens is 250 g/mol. The normalized spacial score (nSPS) is 19.4. The third-order valence-electron chi connectivity index (χ3n) is 2.65. The molecule has 3 nitrogen and oxygen atoms in total. The predicted molar refractivity (Wildman–Crippen MR) is 60.1 cm³/mol. The highest BCUT2D eigenvalue weighted by atomic mass is 35.5. The Morgan fingerprint density at radius 1 is 1.41 bits per heavy atom. The molecule has 0 saturated carbocycles. The molecule has 0 bridgehead atoms. The fourth-order valence-corrected chi connectivity index (χ4v) is 1.89. The molecule has 1 fully saturated rings. The second kappa shape index (κ2) is 4.98. The van der Waals surface area contributed by atoms with Crippen LogP contribution in [-0.2, 0) is 0 Å². The standard InChI is InChI=1S/C11H11ClF2N2O/c12-8-4-9(13)7(3-10(8)14)11(17)16-6-1-2-15-5-6/h3-4,6,15H,1-2,5H2,(H,16,17)/t6-/m1/s1. The van der Waals surface area contributed by atoms with Gasteiger partial charge in [0.15, 0.2) is 0 Å². The number of carbonyl (C=O) groups is 1. The summed E-state index contributed by atoms with van der Waals surface area (Å²) in [5.74, 6) is -2.24. The molecule has 0 aromatic heterocycles. The first kappa shape index (κ1) is 12.3. The van der Waals surface area contributed by atoms with Crippen LogP contribution in [0, 0.1) is 11.6 Å². The van der Waals surface area contributed by atoms with E-state index in [2.05, 4.69) is 10.6 Å². The van der Waals surface area contributed by atoms with E-state index in [0.717, 1.165) is 25.1 Å². The van der Waals surface area contributed by atoms with Gasteiger partial charge in [0.25, 0.3) is 5.91 Å². The Kier molecular flexibility index (Phi) is 3.59. The van der Waals surface area contributed by atoms with Crippen molar-refractivity contribution in [2.45, 2.75) is 12.5 Å². The van der Waals surface area contributed by atoms with Crippen molar-refractivity contribution in [1.29, 1.82) is 0 Å². The number of nitrogens with one attached hydrogen (secondary N) is 2. The summed E-state index contributed by atoms with van der Waals surface area (Å²) in [5.41, 5.74) is -0.321. The van der Waals surface area contributed by atoms with Gasteiger partial charge in [0.1, 0.15) is 11.6 Å². The molecule has 92 valence electrons. The molecule has 1 aromatic carbocycles. The van der Waals surface area contributed by atoms with E-state index >= 15 is 0 Å². The quantitative estimate of drug-likeness (QED) is 0.795. The average Bonchev–Trinajstić information content (AvgIpc) is 2.76. The SMILES string of the molecule is O=C(N[C@@H]1CCNC1)c1cc(F)c(Cl)cc1F. The van der Waals surface area contributed by atoms with Crippen molar-refractivity contribution in [3.8, 4) is 0 Å². The van der Waals surface area contributed by atoms with E-state index < -0.39 is 17.5 Å². The molecular formula is C11H11ClF2N2O. The average molecular weight is 261 g/mol. The topological polar surface area (TPSA) is 41.1 Å². The lowest BCUT2D eigenvalue weighted by Gasteiger charge is -2.12. The summed E-state index contributed by atoms with van der Waals surface area (Å²) in [5, 5.41) is 5.36. The third-order valence-corrected chi connectivity index (χ3v) is 2.94. The van der Waals surface area contributed by atoms with E-state index in [1.807, 2.05) is 0 Å². The van der Waals surface area contributed by atoms with E-state index in [0.29, 0.717) is 6.54 Å². The summed E-state index contributed by atoms with van der Waals surface area (Å²) in [6.45, 7) is 1.45. The zero-order chi connectivity index (χ0) is 12.4. The smallest absolute Gasteiger partial charge is 0.254 e. The van der Waals surface area contributed by atoms with Gasteiger partial charge in [-0.05, 0) is 25.1 Å². The number of hydrogen-bond acceptors (Lipinski definition) is 2. The minimum absolute atomic E-state index is 0.0411. The molecule has 1 aromatic rings.